The molecule has 0 saturated carbocycles. The Labute approximate surface area is 229 Å². The van der Waals surface area contributed by atoms with Crippen molar-refractivity contribution in [1.82, 2.24) is 0 Å². The minimum absolute atomic E-state index is 0.102. The molecule has 2 heterocycles. The molecule has 2 aliphatic rings. The average molecular weight is 565 g/mol. The Bertz CT molecular complexity index is 1610. The number of carboxylic acids is 3. The molecule has 1 atom stereocenters. The first kappa shape index (κ1) is 27.4. The number of hydrogen-bond donors (Lipinski definition) is 3. The minimum atomic E-state index is -1.41. The van der Waals surface area contributed by atoms with Gasteiger partial charge < -0.3 is 24.8 Å². The van der Waals surface area contributed by atoms with E-state index in [9.17, 15) is 13.8 Å². The van der Waals surface area contributed by atoms with Crippen LogP contribution in [0.15, 0.2) is 105 Å². The Balaban J connectivity index is 0.000000160. The summed E-state index contributed by atoms with van der Waals surface area (Å²) in [6.07, 6.45) is 0. The molecule has 9 nitrogen and oxygen atoms in total. The monoisotopic (exact) mass is 564 g/mol. The highest BCUT2D eigenvalue weighted by molar-refractivity contribution is 7.99. The van der Waals surface area contributed by atoms with Gasteiger partial charge in [-0.15, -0.1) is 0 Å². The van der Waals surface area contributed by atoms with Gasteiger partial charge in [0.25, 0.3) is 5.97 Å². The van der Waals surface area contributed by atoms with Crippen LogP contribution < -0.4 is 9.47 Å². The Morgan fingerprint density at radius 2 is 1.13 bits per heavy atom. The summed E-state index contributed by atoms with van der Waals surface area (Å²) in [6, 6.07) is 24.0. The fourth-order valence-corrected chi connectivity index (χ4v) is 5.70. The van der Waals surface area contributed by atoms with Crippen LogP contribution in [-0.2, 0) is 15.6 Å². The second kappa shape index (κ2) is 11.8. The number of carbonyl (C=O) groups is 3. The van der Waals surface area contributed by atoms with E-state index in [2.05, 4.69) is 0 Å². The van der Waals surface area contributed by atoms with Crippen molar-refractivity contribution in [3.05, 3.63) is 96.1 Å². The molecule has 0 radical (unpaired) electrons. The van der Waals surface area contributed by atoms with Crippen LogP contribution in [-0.4, -0.2) is 37.4 Å². The number of benzene rings is 4. The fraction of sp³-hybridized carbons (Fsp3) is 0.0357. The van der Waals surface area contributed by atoms with Crippen molar-refractivity contribution in [2.24, 2.45) is 0 Å². The van der Waals surface area contributed by atoms with Gasteiger partial charge >= 0.3 is 11.9 Å². The van der Waals surface area contributed by atoms with E-state index in [4.69, 9.17) is 29.6 Å². The van der Waals surface area contributed by atoms with Gasteiger partial charge in [0.15, 0.2) is 0 Å². The molecule has 39 heavy (non-hydrogen) atoms. The molecule has 11 heteroatoms. The summed E-state index contributed by atoms with van der Waals surface area (Å²) in [4.78, 5) is 33.6. The van der Waals surface area contributed by atoms with E-state index in [1.54, 1.807) is 42.5 Å². The Kier molecular flexibility index (Phi) is 8.33. The van der Waals surface area contributed by atoms with Crippen LogP contribution in [0.25, 0.3) is 0 Å². The Morgan fingerprint density at radius 3 is 1.79 bits per heavy atom. The van der Waals surface area contributed by atoms with Crippen LogP contribution in [0.5, 0.6) is 23.0 Å². The second-order valence-corrected chi connectivity index (χ2v) is 10.4. The van der Waals surface area contributed by atoms with E-state index in [1.165, 1.54) is 30.0 Å². The van der Waals surface area contributed by atoms with E-state index in [0.717, 1.165) is 22.5 Å². The molecule has 0 aromatic heterocycles. The fourth-order valence-electron chi connectivity index (χ4n) is 3.46. The van der Waals surface area contributed by atoms with Gasteiger partial charge in [0.2, 0.25) is 0 Å². The van der Waals surface area contributed by atoms with Crippen LogP contribution >= 0.6 is 11.8 Å². The minimum Gasteiger partial charge on any atom is -0.481 e. The number of aliphatic carboxylic acids is 1. The number of fused-ring (bicyclic) bond motifs is 4. The molecular weight excluding hydrogens is 544 g/mol. The molecule has 0 spiro atoms. The lowest BCUT2D eigenvalue weighted by Gasteiger charge is -2.19. The number of hydrogen-bond acceptors (Lipinski definition) is 7. The van der Waals surface area contributed by atoms with Crippen molar-refractivity contribution >= 4 is 40.5 Å². The number of carboxylic acid groups (broad SMARTS) is 3. The first-order valence-electron chi connectivity index (χ1n) is 11.2. The summed E-state index contributed by atoms with van der Waals surface area (Å²) < 4.78 is 23.6. The van der Waals surface area contributed by atoms with E-state index < -0.39 is 28.7 Å². The zero-order valence-electron chi connectivity index (χ0n) is 20.2. The smallest absolute Gasteiger partial charge is 0.335 e. The maximum atomic E-state index is 12.3. The number of para-hydroxylation sites is 2. The third-order valence-corrected chi connectivity index (χ3v) is 7.69. The Hall–Kier alpha value is -4.61. The van der Waals surface area contributed by atoms with Crippen molar-refractivity contribution in [3.63, 3.8) is 0 Å². The maximum Gasteiger partial charge on any atom is 0.335 e. The molecule has 4 aromatic rings. The molecule has 2 aliphatic heterocycles. The van der Waals surface area contributed by atoms with Gasteiger partial charge in [-0.25, -0.2) is 13.8 Å². The zero-order valence-corrected chi connectivity index (χ0v) is 21.8. The van der Waals surface area contributed by atoms with Crippen molar-refractivity contribution < 1.29 is 43.4 Å². The van der Waals surface area contributed by atoms with Gasteiger partial charge in [0.05, 0.1) is 41.5 Å². The molecule has 0 amide bonds. The largest absolute Gasteiger partial charge is 0.481 e. The maximum absolute atomic E-state index is 12.3. The molecule has 0 fully saturated rings. The van der Waals surface area contributed by atoms with Gasteiger partial charge in [0, 0.05) is 6.92 Å². The lowest BCUT2D eigenvalue weighted by atomic mass is 10.2. The SMILES string of the molecule is CC(=O)O.O=C(O)c1ccc2c(c1)S(=O)c1ccccc1O2.O=C(O)c1ccc2c(c1)Sc1ccccc1O2. The van der Waals surface area contributed by atoms with E-state index >= 15 is 0 Å². The number of ether oxygens (including phenoxy) is 2. The van der Waals surface area contributed by atoms with Crippen molar-refractivity contribution in [2.75, 3.05) is 0 Å². The molecule has 1 unspecified atom stereocenters. The van der Waals surface area contributed by atoms with E-state index in [0.29, 0.717) is 27.0 Å². The summed E-state index contributed by atoms with van der Waals surface area (Å²) in [5.74, 6) is -0.295. The predicted octanol–water partition coefficient (Wildman–Crippen LogP) is 6.39. The first-order chi connectivity index (χ1) is 18.6. The molecule has 198 valence electrons. The van der Waals surface area contributed by atoms with Crippen molar-refractivity contribution in [1.29, 1.82) is 0 Å². The highest BCUT2D eigenvalue weighted by Crippen LogP contribution is 2.47. The third kappa shape index (κ3) is 6.46. The third-order valence-electron chi connectivity index (χ3n) is 5.14. The zero-order chi connectivity index (χ0) is 28.1. The summed E-state index contributed by atoms with van der Waals surface area (Å²) >= 11 is 1.53. The van der Waals surface area contributed by atoms with Crippen LogP contribution in [0.4, 0.5) is 0 Å². The molecule has 3 N–H and O–H groups in total. The highest BCUT2D eigenvalue weighted by Gasteiger charge is 2.24. The summed E-state index contributed by atoms with van der Waals surface area (Å²) in [6.45, 7) is 1.08. The standard InChI is InChI=1S/C13H8O4S.C13H8O3S.C2H4O2/c14-13(15)8-5-6-10-12(7-8)18(16)11-4-2-1-3-9(11)17-10;14-13(15)8-5-6-10-12(7-8)17-11-4-2-1-3-9(11)16-10;1-2(3)4/h1-7H,(H,14,15);1-7H,(H,14,15);1H3,(H,3,4). The highest BCUT2D eigenvalue weighted by atomic mass is 32.2. The van der Waals surface area contributed by atoms with Gasteiger partial charge in [-0.1, -0.05) is 36.0 Å². The van der Waals surface area contributed by atoms with Crippen LogP contribution in [0, 0.1) is 0 Å². The van der Waals surface area contributed by atoms with Crippen LogP contribution in [0.2, 0.25) is 0 Å². The van der Waals surface area contributed by atoms with E-state index in [1.807, 2.05) is 24.3 Å². The van der Waals surface area contributed by atoms with Crippen LogP contribution in [0.1, 0.15) is 27.6 Å². The molecule has 0 aliphatic carbocycles. The molecule has 6 rings (SSSR count). The molecule has 0 saturated heterocycles. The lowest BCUT2D eigenvalue weighted by molar-refractivity contribution is -0.134. The first-order valence-corrected chi connectivity index (χ1v) is 13.2. The molecular formula is C28H20O9S2. The average Bonchev–Trinajstić information content (AvgIpc) is 2.91. The van der Waals surface area contributed by atoms with Crippen LogP contribution in [0.3, 0.4) is 0 Å². The lowest BCUT2D eigenvalue weighted by Crippen LogP contribution is -2.07. The summed E-state index contributed by atoms with van der Waals surface area (Å²) in [5.41, 5.74) is 0.379. The number of aromatic carboxylic acids is 2. The van der Waals surface area contributed by atoms with Crippen molar-refractivity contribution in [3.8, 4) is 23.0 Å². The van der Waals surface area contributed by atoms with E-state index in [-0.39, 0.29) is 11.1 Å². The predicted molar refractivity (Wildman–Crippen MR) is 142 cm³/mol. The summed E-state index contributed by atoms with van der Waals surface area (Å²) in [7, 11) is -1.41. The Morgan fingerprint density at radius 1 is 0.641 bits per heavy atom. The van der Waals surface area contributed by atoms with Gasteiger partial charge in [0.1, 0.15) is 23.0 Å². The molecule has 4 aromatic carbocycles. The van der Waals surface area contributed by atoms with Gasteiger partial charge in [-0.3, -0.25) is 4.79 Å². The van der Waals surface area contributed by atoms with Crippen molar-refractivity contribution in [2.45, 2.75) is 26.5 Å². The second-order valence-electron chi connectivity index (χ2n) is 7.92. The quantitative estimate of drug-likeness (QED) is 0.216. The normalized spacial score (nSPS) is 13.5. The van der Waals surface area contributed by atoms with Gasteiger partial charge in [-0.05, 0) is 60.7 Å². The van der Waals surface area contributed by atoms with Gasteiger partial charge in [-0.2, -0.15) is 0 Å². The molecule has 0 bridgehead atoms. The summed E-state index contributed by atoms with van der Waals surface area (Å²) in [5, 5.41) is 25.3. The number of rotatable bonds is 2. The topological polar surface area (TPSA) is 147 Å².